The summed E-state index contributed by atoms with van der Waals surface area (Å²) in [5, 5.41) is 4.16. The van der Waals surface area contributed by atoms with Crippen LogP contribution in [0.15, 0.2) is 24.3 Å². The van der Waals surface area contributed by atoms with Crippen LogP contribution in [0.4, 0.5) is 5.69 Å². The molecule has 0 aliphatic carbocycles. The molecule has 1 aliphatic rings. The predicted molar refractivity (Wildman–Crippen MR) is 104 cm³/mol. The van der Waals surface area contributed by atoms with Crippen molar-refractivity contribution in [2.75, 3.05) is 18.4 Å². The van der Waals surface area contributed by atoms with Gasteiger partial charge in [-0.15, -0.1) is 0 Å². The molecule has 1 aromatic carbocycles. The zero-order valence-corrected chi connectivity index (χ0v) is 16.0. The largest absolute Gasteiger partial charge is 0.342 e. The number of rotatable bonds is 3. The Hall–Kier alpha value is -2.43. The molecule has 1 unspecified atom stereocenters. The molecule has 138 valence electrons. The Bertz CT molecular complexity index is 845. The number of piperidine rings is 1. The predicted octanol–water partition coefficient (Wildman–Crippen LogP) is 3.86. The standard InChI is InChI=1S/C21H27N3O2/c1-13(2)19-14(3)22-18-10-6-5-9-17(18)20(19)23-21(26)16-8-7-11-24(12-16)15(4)25/h5-6,9-10,13,16H,7-8,11-12H2,1-4H3,(H,22,23,26). The molecule has 0 bridgehead atoms. The number of hydrogen-bond acceptors (Lipinski definition) is 3. The Balaban J connectivity index is 1.96. The molecule has 2 aromatic rings. The van der Waals surface area contributed by atoms with E-state index < -0.39 is 0 Å². The molecule has 3 rings (SSSR count). The fraction of sp³-hybridized carbons (Fsp3) is 0.476. The summed E-state index contributed by atoms with van der Waals surface area (Å²) < 4.78 is 0. The minimum Gasteiger partial charge on any atom is -0.342 e. The fourth-order valence-electron chi connectivity index (χ4n) is 3.89. The molecular weight excluding hydrogens is 326 g/mol. The van der Waals surface area contributed by atoms with Crippen LogP contribution in [0.1, 0.15) is 50.8 Å². The number of aromatic nitrogens is 1. The van der Waals surface area contributed by atoms with Gasteiger partial charge in [0.1, 0.15) is 0 Å². The third kappa shape index (κ3) is 3.57. The van der Waals surface area contributed by atoms with Gasteiger partial charge in [0.15, 0.2) is 0 Å². The Morgan fingerprint density at radius 2 is 2.00 bits per heavy atom. The van der Waals surface area contributed by atoms with Crippen molar-refractivity contribution in [3.8, 4) is 0 Å². The van der Waals surface area contributed by atoms with Crippen LogP contribution in [0.3, 0.4) is 0 Å². The van der Waals surface area contributed by atoms with Gasteiger partial charge in [-0.25, -0.2) is 0 Å². The number of fused-ring (bicyclic) bond motifs is 1. The second kappa shape index (κ2) is 7.44. The first-order chi connectivity index (χ1) is 12.4. The van der Waals surface area contributed by atoms with E-state index in [1.807, 2.05) is 31.2 Å². The summed E-state index contributed by atoms with van der Waals surface area (Å²) in [6.07, 6.45) is 1.68. The number of carbonyl (C=O) groups is 2. The van der Waals surface area contributed by atoms with E-state index in [4.69, 9.17) is 4.98 Å². The second-order valence-electron chi connectivity index (χ2n) is 7.45. The lowest BCUT2D eigenvalue weighted by atomic mass is 9.94. The minimum absolute atomic E-state index is 0.00592. The summed E-state index contributed by atoms with van der Waals surface area (Å²) in [6, 6.07) is 7.91. The highest BCUT2D eigenvalue weighted by atomic mass is 16.2. The second-order valence-corrected chi connectivity index (χ2v) is 7.45. The molecule has 1 aliphatic heterocycles. The monoisotopic (exact) mass is 353 g/mol. The van der Waals surface area contributed by atoms with Gasteiger partial charge in [0.05, 0.1) is 17.1 Å². The van der Waals surface area contributed by atoms with Gasteiger partial charge in [-0.1, -0.05) is 32.0 Å². The molecule has 26 heavy (non-hydrogen) atoms. The van der Waals surface area contributed by atoms with Crippen molar-refractivity contribution in [1.29, 1.82) is 0 Å². The van der Waals surface area contributed by atoms with E-state index in [-0.39, 0.29) is 23.7 Å². The summed E-state index contributed by atoms with van der Waals surface area (Å²) in [7, 11) is 0. The van der Waals surface area contributed by atoms with Gasteiger partial charge in [-0.3, -0.25) is 14.6 Å². The van der Waals surface area contributed by atoms with Gasteiger partial charge in [0.25, 0.3) is 0 Å². The van der Waals surface area contributed by atoms with Crippen molar-refractivity contribution in [3.63, 3.8) is 0 Å². The van der Waals surface area contributed by atoms with Gasteiger partial charge in [0.2, 0.25) is 11.8 Å². The van der Waals surface area contributed by atoms with E-state index in [1.165, 1.54) is 0 Å². The average Bonchev–Trinajstić information content (AvgIpc) is 2.61. The Labute approximate surface area is 154 Å². The zero-order chi connectivity index (χ0) is 18.8. The quantitative estimate of drug-likeness (QED) is 0.911. The number of amides is 2. The number of nitrogens with zero attached hydrogens (tertiary/aromatic N) is 2. The van der Waals surface area contributed by atoms with Gasteiger partial charge < -0.3 is 10.2 Å². The number of likely N-dealkylation sites (tertiary alicyclic amines) is 1. The molecule has 0 radical (unpaired) electrons. The number of para-hydroxylation sites is 1. The number of carbonyl (C=O) groups excluding carboxylic acids is 2. The molecule has 5 nitrogen and oxygen atoms in total. The lowest BCUT2D eigenvalue weighted by molar-refractivity contribution is -0.132. The van der Waals surface area contributed by atoms with Crippen molar-refractivity contribution in [1.82, 2.24) is 9.88 Å². The fourth-order valence-corrected chi connectivity index (χ4v) is 3.89. The molecule has 1 saturated heterocycles. The van der Waals surface area contributed by atoms with Crippen LogP contribution in [0.5, 0.6) is 0 Å². The Morgan fingerprint density at radius 1 is 1.27 bits per heavy atom. The Morgan fingerprint density at radius 3 is 2.69 bits per heavy atom. The first-order valence-electron chi connectivity index (χ1n) is 9.34. The summed E-state index contributed by atoms with van der Waals surface area (Å²) in [5.41, 5.74) is 3.78. The highest BCUT2D eigenvalue weighted by molar-refractivity contribution is 6.03. The third-order valence-corrected chi connectivity index (χ3v) is 5.18. The van der Waals surface area contributed by atoms with E-state index >= 15 is 0 Å². The van der Waals surface area contributed by atoms with E-state index in [9.17, 15) is 9.59 Å². The number of hydrogen-bond donors (Lipinski definition) is 1. The molecular formula is C21H27N3O2. The van der Waals surface area contributed by atoms with Crippen LogP contribution < -0.4 is 5.32 Å². The molecule has 0 saturated carbocycles. The number of anilines is 1. The summed E-state index contributed by atoms with van der Waals surface area (Å²) >= 11 is 0. The molecule has 1 atom stereocenters. The van der Waals surface area contributed by atoms with Crippen molar-refractivity contribution < 1.29 is 9.59 Å². The van der Waals surface area contributed by atoms with Crippen molar-refractivity contribution in [2.24, 2.45) is 5.92 Å². The topological polar surface area (TPSA) is 62.3 Å². The van der Waals surface area contributed by atoms with Crippen LogP contribution >= 0.6 is 0 Å². The summed E-state index contributed by atoms with van der Waals surface area (Å²) in [4.78, 5) is 31.1. The van der Waals surface area contributed by atoms with Crippen LogP contribution in [0.25, 0.3) is 10.9 Å². The number of benzene rings is 1. The maximum atomic E-state index is 13.0. The van der Waals surface area contributed by atoms with E-state index in [2.05, 4.69) is 19.2 Å². The number of pyridine rings is 1. The maximum Gasteiger partial charge on any atom is 0.229 e. The zero-order valence-electron chi connectivity index (χ0n) is 16.0. The van der Waals surface area contributed by atoms with E-state index in [0.717, 1.165) is 47.2 Å². The highest BCUT2D eigenvalue weighted by Gasteiger charge is 2.28. The first kappa shape index (κ1) is 18.4. The lowest BCUT2D eigenvalue weighted by Crippen LogP contribution is -2.42. The normalized spacial score (nSPS) is 17.6. The number of nitrogens with one attached hydrogen (secondary N) is 1. The number of aryl methyl sites for hydroxylation is 1. The van der Waals surface area contributed by atoms with Crippen LogP contribution in [0, 0.1) is 12.8 Å². The van der Waals surface area contributed by atoms with Crippen molar-refractivity contribution in [2.45, 2.75) is 46.5 Å². The molecule has 2 heterocycles. The molecule has 1 N–H and O–H groups in total. The summed E-state index contributed by atoms with van der Waals surface area (Å²) in [6.45, 7) is 9.04. The SMILES string of the molecule is CC(=O)N1CCCC(C(=O)Nc2c(C(C)C)c(C)nc3ccccc23)C1. The molecule has 5 heteroatoms. The van der Waals surface area contributed by atoms with Crippen molar-refractivity contribution in [3.05, 3.63) is 35.5 Å². The van der Waals surface area contributed by atoms with Gasteiger partial charge in [0, 0.05) is 36.7 Å². The summed E-state index contributed by atoms with van der Waals surface area (Å²) in [5.74, 6) is 0.117. The lowest BCUT2D eigenvalue weighted by Gasteiger charge is -2.31. The minimum atomic E-state index is -0.167. The van der Waals surface area contributed by atoms with E-state index in [0.29, 0.717) is 6.54 Å². The van der Waals surface area contributed by atoms with Crippen molar-refractivity contribution >= 4 is 28.4 Å². The van der Waals surface area contributed by atoms with Crippen LogP contribution in [-0.4, -0.2) is 34.8 Å². The molecule has 0 spiro atoms. The molecule has 1 fully saturated rings. The Kier molecular flexibility index (Phi) is 5.25. The molecule has 1 aromatic heterocycles. The van der Waals surface area contributed by atoms with Gasteiger partial charge >= 0.3 is 0 Å². The van der Waals surface area contributed by atoms with Gasteiger partial charge in [-0.2, -0.15) is 0 Å². The smallest absolute Gasteiger partial charge is 0.229 e. The molecule has 2 amide bonds. The third-order valence-electron chi connectivity index (χ3n) is 5.18. The maximum absolute atomic E-state index is 13.0. The average molecular weight is 353 g/mol. The van der Waals surface area contributed by atoms with Crippen LogP contribution in [0.2, 0.25) is 0 Å². The first-order valence-corrected chi connectivity index (χ1v) is 9.34. The van der Waals surface area contributed by atoms with Crippen LogP contribution in [-0.2, 0) is 9.59 Å². The highest BCUT2D eigenvalue weighted by Crippen LogP contribution is 2.34. The van der Waals surface area contributed by atoms with Gasteiger partial charge in [-0.05, 0) is 31.7 Å². The van der Waals surface area contributed by atoms with E-state index in [1.54, 1.807) is 11.8 Å².